The Morgan fingerprint density at radius 1 is 0.495 bits per heavy atom. The van der Waals surface area contributed by atoms with Crippen LogP contribution in [0.2, 0.25) is 20.1 Å². The van der Waals surface area contributed by atoms with Crippen molar-refractivity contribution in [1.29, 1.82) is 0 Å². The first-order valence-corrected chi connectivity index (χ1v) is 33.4. The zero-order valence-electron chi connectivity index (χ0n) is 57.0. The SMILES string of the molecule is CNC(=O)[C@H](Cc1c[nH]c2ccccc12)NC(=O)[C@](O)(CC(C)C)[C@H](C)C(=O)NO.CNC(=O)[C@H](Cc1ccc(Cl)c(Cl)c1)NC(=O)[C@](O)(CCCc1ccccc1)[C@H](C)C(=O)NO.COCCOCCNC(=O)[C@H](Cc1ccc(Cl)c(Cl)c1)NC(=O)[C@](O)(CC(C)C)[C@H](C)C(=O)NO. The van der Waals surface area contributed by atoms with Gasteiger partial charge in [0.05, 0.1) is 57.7 Å². The van der Waals surface area contributed by atoms with Gasteiger partial charge in [-0.05, 0) is 96.5 Å². The van der Waals surface area contributed by atoms with E-state index < -0.39 is 106 Å². The number of nitrogens with one attached hydrogen (secondary N) is 10. The molecule has 99 heavy (non-hydrogen) atoms. The summed E-state index contributed by atoms with van der Waals surface area (Å²) in [5, 5.41) is 78.3. The van der Waals surface area contributed by atoms with E-state index in [1.165, 1.54) is 51.3 Å². The average Bonchev–Trinajstić information content (AvgIpc) is 1.000. The van der Waals surface area contributed by atoms with Crippen molar-refractivity contribution in [3.05, 3.63) is 140 Å². The van der Waals surface area contributed by atoms with E-state index in [1.807, 2.05) is 54.6 Å². The van der Waals surface area contributed by atoms with Gasteiger partial charge in [-0.25, -0.2) is 16.4 Å². The second-order valence-corrected chi connectivity index (χ2v) is 26.2. The molecule has 0 radical (unpaired) electrons. The molecular formula is C68H94Cl4N10O17. The number of rotatable bonds is 35. The molecule has 4 aromatic carbocycles. The van der Waals surface area contributed by atoms with Gasteiger partial charge in [-0.3, -0.25) is 58.8 Å². The van der Waals surface area contributed by atoms with Crippen molar-refractivity contribution in [3.8, 4) is 0 Å². The maximum atomic E-state index is 13.3. The Morgan fingerprint density at radius 2 is 0.919 bits per heavy atom. The van der Waals surface area contributed by atoms with Crippen molar-refractivity contribution in [3.63, 3.8) is 0 Å². The number of halogens is 4. The van der Waals surface area contributed by atoms with Crippen molar-refractivity contribution in [2.24, 2.45) is 29.6 Å². The zero-order valence-corrected chi connectivity index (χ0v) is 60.1. The fourth-order valence-corrected chi connectivity index (χ4v) is 11.3. The van der Waals surface area contributed by atoms with Gasteiger partial charge in [0.1, 0.15) is 18.1 Å². The van der Waals surface area contributed by atoms with Crippen LogP contribution in [0.4, 0.5) is 0 Å². The second kappa shape index (κ2) is 41.9. The molecule has 0 aliphatic rings. The van der Waals surface area contributed by atoms with E-state index in [0.29, 0.717) is 52.3 Å². The summed E-state index contributed by atoms with van der Waals surface area (Å²) in [6.07, 6.45) is 2.84. The number of likely N-dealkylation sites (N-methyl/N-ethyl adjacent to an activating group) is 2. The van der Waals surface area contributed by atoms with Crippen LogP contribution in [0.25, 0.3) is 10.9 Å². The van der Waals surface area contributed by atoms with E-state index in [-0.39, 0.29) is 68.5 Å². The smallest absolute Gasteiger partial charge is 0.253 e. The largest absolute Gasteiger partial charge is 0.382 e. The molecule has 5 aromatic rings. The van der Waals surface area contributed by atoms with Crippen LogP contribution in [0.15, 0.2) is 97.2 Å². The average molecular weight is 1470 g/mol. The van der Waals surface area contributed by atoms with Crippen LogP contribution >= 0.6 is 46.4 Å². The van der Waals surface area contributed by atoms with Gasteiger partial charge in [-0.2, -0.15) is 0 Å². The summed E-state index contributed by atoms with van der Waals surface area (Å²) in [5.74, 6) is -11.0. The molecule has 1 heterocycles. The number of fused-ring (bicyclic) bond motifs is 1. The van der Waals surface area contributed by atoms with Crippen LogP contribution in [0.3, 0.4) is 0 Å². The Balaban J connectivity index is 0.000000387. The van der Waals surface area contributed by atoms with E-state index in [4.69, 9.17) is 71.5 Å². The van der Waals surface area contributed by atoms with Gasteiger partial charge >= 0.3 is 0 Å². The molecular weight excluding hydrogens is 1370 g/mol. The number of benzene rings is 4. The highest BCUT2D eigenvalue weighted by Crippen LogP contribution is 2.31. The Hall–Kier alpha value is -7.51. The molecule has 546 valence electrons. The monoisotopic (exact) mass is 1460 g/mol. The number of carbonyl (C=O) groups excluding carboxylic acids is 9. The number of hydroxylamine groups is 3. The summed E-state index contributed by atoms with van der Waals surface area (Å²) in [6, 6.07) is 23.6. The van der Waals surface area contributed by atoms with Gasteiger partial charge in [-0.1, -0.05) is 156 Å². The summed E-state index contributed by atoms with van der Waals surface area (Å²) in [4.78, 5) is 117. The fourth-order valence-electron chi connectivity index (χ4n) is 10.6. The van der Waals surface area contributed by atoms with Crippen LogP contribution < -0.4 is 48.3 Å². The van der Waals surface area contributed by atoms with Crippen LogP contribution in [-0.2, 0) is 78.3 Å². The third kappa shape index (κ3) is 25.9. The standard InChI is InChI=1S/C24H29Cl2N3O5.C23H35Cl2N3O7.C21H30N4O5/c1-15(21(30)29-34)24(33,12-6-9-16-7-4-3-5-8-16)23(32)28-20(22(31)27-2)14-17-10-11-18(25)19(26)13-17;1-14(2)13-23(32,15(3)20(29)28-33)22(31)27-19(12-16-5-6-17(24)18(25)11-16)21(30)26-7-8-35-10-9-34-4;1-12(2)10-21(29,13(3)18(26)25-30)20(28)24-17(19(27)22-4)9-14-11-23-16-8-6-5-7-15(14)16/h3-5,7-8,10-11,13,15,20,33-34H,6,9,12,14H2,1-2H3,(H,27,31)(H,28,32)(H,29,30);5-6,11,14-15,19,32-33H,7-10,12-13H2,1-4H3,(H,26,30)(H,27,31)(H,28,29);5-8,11-13,17,23,29-30H,9-10H2,1-4H3,(H,22,27)(H,24,28)(H,25,26)/t15-,20+,24+;15-,19+,23+;13-,17+,21+/m111/s1. The first-order valence-electron chi connectivity index (χ1n) is 31.9. The number of hydrogen-bond acceptors (Lipinski definition) is 17. The number of aliphatic hydroxyl groups is 3. The Morgan fingerprint density at radius 3 is 1.35 bits per heavy atom. The van der Waals surface area contributed by atoms with Gasteiger partial charge in [0.25, 0.3) is 17.7 Å². The maximum absolute atomic E-state index is 13.3. The number of aromatic amines is 1. The highest BCUT2D eigenvalue weighted by molar-refractivity contribution is 6.42. The lowest BCUT2D eigenvalue weighted by atomic mass is 9.80. The summed E-state index contributed by atoms with van der Waals surface area (Å²) < 4.78 is 10.2. The lowest BCUT2D eigenvalue weighted by Gasteiger charge is -2.34. The second-order valence-electron chi connectivity index (χ2n) is 24.6. The zero-order chi connectivity index (χ0) is 74.4. The van der Waals surface area contributed by atoms with E-state index >= 15 is 0 Å². The third-order valence-corrected chi connectivity index (χ3v) is 17.9. The minimum Gasteiger partial charge on any atom is -0.382 e. The van der Waals surface area contributed by atoms with Crippen LogP contribution in [0, 0.1) is 29.6 Å². The van der Waals surface area contributed by atoms with Gasteiger partial charge < -0.3 is 61.7 Å². The quantitative estimate of drug-likeness (QED) is 0.0140. The summed E-state index contributed by atoms with van der Waals surface area (Å²) >= 11 is 24.1. The molecule has 0 aliphatic heterocycles. The number of H-pyrrole nitrogens is 1. The van der Waals surface area contributed by atoms with E-state index in [9.17, 15) is 58.5 Å². The number of amides is 9. The van der Waals surface area contributed by atoms with Crippen LogP contribution in [0.5, 0.6) is 0 Å². The number of aromatic nitrogens is 1. The Bertz CT molecular complexity index is 3480. The first-order chi connectivity index (χ1) is 46.7. The number of carbonyl (C=O) groups is 9. The number of methoxy groups -OCH3 is 1. The van der Waals surface area contributed by atoms with Gasteiger partial charge in [-0.15, -0.1) is 0 Å². The summed E-state index contributed by atoms with van der Waals surface area (Å²) in [6.45, 7) is 12.3. The number of ether oxygens (including phenoxy) is 2. The highest BCUT2D eigenvalue weighted by Gasteiger charge is 2.49. The number of para-hydroxylation sites is 1. The van der Waals surface area contributed by atoms with Crippen molar-refractivity contribution in [2.45, 2.75) is 135 Å². The van der Waals surface area contributed by atoms with Crippen LogP contribution in [-0.4, -0.2) is 172 Å². The predicted molar refractivity (Wildman–Crippen MR) is 372 cm³/mol. The maximum Gasteiger partial charge on any atom is 0.253 e. The number of aryl methyl sites for hydroxylation is 1. The molecule has 0 aliphatic carbocycles. The molecule has 31 heteroatoms. The third-order valence-electron chi connectivity index (χ3n) is 16.4. The molecule has 5 rings (SSSR count). The normalized spacial score (nSPS) is 14.8. The van der Waals surface area contributed by atoms with Gasteiger partial charge in [0.2, 0.25) is 35.4 Å². The predicted octanol–water partition coefficient (Wildman–Crippen LogP) is 5.24. The molecule has 27 nitrogen and oxygen atoms in total. The van der Waals surface area contributed by atoms with E-state index in [1.54, 1.807) is 77.4 Å². The molecule has 16 N–H and O–H groups in total. The fraction of sp³-hybridized carbons (Fsp3) is 0.485. The molecule has 0 fully saturated rings. The minimum absolute atomic E-state index is 0.0268. The van der Waals surface area contributed by atoms with Gasteiger partial charge in [0.15, 0.2) is 16.8 Å². The molecule has 0 saturated carbocycles. The van der Waals surface area contributed by atoms with E-state index in [0.717, 1.165) is 22.0 Å². The molecule has 0 unspecified atom stereocenters. The highest BCUT2D eigenvalue weighted by atomic mass is 35.5. The van der Waals surface area contributed by atoms with Crippen LogP contribution in [0.1, 0.15) is 96.4 Å². The molecule has 1 aromatic heterocycles. The lowest BCUT2D eigenvalue weighted by Crippen LogP contribution is -2.60. The number of hydrogen-bond donors (Lipinski definition) is 16. The van der Waals surface area contributed by atoms with E-state index in [2.05, 4.69) is 36.9 Å². The Kier molecular flexibility index (Phi) is 36.3. The van der Waals surface area contributed by atoms with Gasteiger partial charge in [0, 0.05) is 64.1 Å². The first kappa shape index (κ1) is 85.7. The summed E-state index contributed by atoms with van der Waals surface area (Å²) in [7, 11) is 4.43. The lowest BCUT2D eigenvalue weighted by molar-refractivity contribution is -0.159. The summed E-state index contributed by atoms with van der Waals surface area (Å²) in [5.41, 5.74) is 1.96. The molecule has 0 saturated heterocycles. The van der Waals surface area contributed by atoms with Crippen molar-refractivity contribution < 1.29 is 83.6 Å². The molecule has 0 bridgehead atoms. The van der Waals surface area contributed by atoms with Crippen molar-refractivity contribution in [2.75, 3.05) is 47.6 Å². The molecule has 9 amide bonds. The molecule has 0 spiro atoms. The van der Waals surface area contributed by atoms with Crippen molar-refractivity contribution >= 4 is 110 Å². The topological polar surface area (TPSA) is 418 Å². The van der Waals surface area contributed by atoms with Crippen molar-refractivity contribution in [1.82, 2.24) is 53.3 Å². The Labute approximate surface area is 595 Å². The minimum atomic E-state index is -2.18. The molecule has 9 atom stereocenters.